The number of carbonyl (C=O) groups excluding carboxylic acids is 1. The minimum Gasteiger partial charge on any atom is -0.507 e. The number of aromatic hydroxyl groups is 1. The summed E-state index contributed by atoms with van der Waals surface area (Å²) in [7, 11) is 0. The standard InChI is InChI=1S/C22H22O5/c1-13(9-11-18(23)24)8-10-16-19(15-6-4-3-5-7-15)14(2)17-12-27-22(26)20(17)21(16)25/h3-8,25H,9-12H2,1-2H3,(H,23,24)/b13-8+. The molecule has 0 saturated carbocycles. The van der Waals surface area contributed by atoms with Crippen LogP contribution in [0.15, 0.2) is 42.0 Å². The molecule has 0 saturated heterocycles. The Labute approximate surface area is 157 Å². The van der Waals surface area contributed by atoms with Gasteiger partial charge in [0, 0.05) is 17.5 Å². The van der Waals surface area contributed by atoms with Crippen LogP contribution in [0.25, 0.3) is 11.1 Å². The Morgan fingerprint density at radius 3 is 2.56 bits per heavy atom. The quantitative estimate of drug-likeness (QED) is 0.585. The van der Waals surface area contributed by atoms with Crippen LogP contribution in [0.5, 0.6) is 5.75 Å². The number of allylic oxidation sites excluding steroid dienone is 2. The predicted molar refractivity (Wildman–Crippen MR) is 102 cm³/mol. The number of phenolic OH excluding ortho intramolecular Hbond substituents is 1. The molecule has 1 heterocycles. The summed E-state index contributed by atoms with van der Waals surface area (Å²) in [5, 5.41) is 19.7. The van der Waals surface area contributed by atoms with Gasteiger partial charge in [0.05, 0.1) is 0 Å². The van der Waals surface area contributed by atoms with E-state index in [4.69, 9.17) is 9.84 Å². The van der Waals surface area contributed by atoms with Gasteiger partial charge >= 0.3 is 11.9 Å². The molecule has 0 radical (unpaired) electrons. The molecule has 0 aromatic heterocycles. The minimum atomic E-state index is -0.841. The number of ether oxygens (including phenoxy) is 1. The molecule has 0 bridgehead atoms. The van der Waals surface area contributed by atoms with Gasteiger partial charge in [-0.15, -0.1) is 0 Å². The van der Waals surface area contributed by atoms with Gasteiger partial charge in [-0.05, 0) is 43.4 Å². The summed E-state index contributed by atoms with van der Waals surface area (Å²) in [5.74, 6) is -1.39. The second kappa shape index (κ2) is 7.66. The maximum absolute atomic E-state index is 12.1. The van der Waals surface area contributed by atoms with Crippen LogP contribution in [0, 0.1) is 6.92 Å². The molecule has 2 aromatic rings. The fourth-order valence-electron chi connectivity index (χ4n) is 3.46. The lowest BCUT2D eigenvalue weighted by Gasteiger charge is -2.17. The molecule has 0 fully saturated rings. The van der Waals surface area contributed by atoms with E-state index < -0.39 is 11.9 Å². The molecule has 0 amide bonds. The summed E-state index contributed by atoms with van der Waals surface area (Å²) in [6.45, 7) is 3.98. The molecule has 5 heteroatoms. The molecular formula is C22H22O5. The van der Waals surface area contributed by atoms with Gasteiger partial charge in [-0.3, -0.25) is 4.79 Å². The lowest BCUT2D eigenvalue weighted by atomic mass is 9.86. The van der Waals surface area contributed by atoms with Crippen molar-refractivity contribution in [3.05, 3.63) is 64.2 Å². The molecule has 0 atom stereocenters. The number of rotatable bonds is 6. The third-order valence-electron chi connectivity index (χ3n) is 4.96. The Morgan fingerprint density at radius 2 is 1.89 bits per heavy atom. The SMILES string of the molecule is C/C(=C\Cc1c(O)c2c(c(C)c1-c1ccccc1)COC2=O)CCC(=O)O. The van der Waals surface area contributed by atoms with Crippen LogP contribution < -0.4 is 0 Å². The number of hydrogen-bond donors (Lipinski definition) is 2. The van der Waals surface area contributed by atoms with Crippen molar-refractivity contribution in [2.75, 3.05) is 0 Å². The van der Waals surface area contributed by atoms with Gasteiger partial charge < -0.3 is 14.9 Å². The summed E-state index contributed by atoms with van der Waals surface area (Å²) in [6.07, 6.45) is 2.83. The largest absolute Gasteiger partial charge is 0.507 e. The fourth-order valence-corrected chi connectivity index (χ4v) is 3.46. The molecule has 5 nitrogen and oxygen atoms in total. The van der Waals surface area contributed by atoms with Crippen molar-refractivity contribution >= 4 is 11.9 Å². The van der Waals surface area contributed by atoms with Crippen molar-refractivity contribution in [2.24, 2.45) is 0 Å². The highest BCUT2D eigenvalue weighted by Gasteiger charge is 2.31. The Balaban J connectivity index is 2.10. The van der Waals surface area contributed by atoms with E-state index in [0.29, 0.717) is 18.4 Å². The van der Waals surface area contributed by atoms with E-state index in [2.05, 4.69) is 0 Å². The van der Waals surface area contributed by atoms with Gasteiger partial charge in [-0.25, -0.2) is 4.79 Å². The molecule has 0 unspecified atom stereocenters. The van der Waals surface area contributed by atoms with Gasteiger partial charge in [0.15, 0.2) is 0 Å². The van der Waals surface area contributed by atoms with Crippen LogP contribution in [-0.4, -0.2) is 22.2 Å². The number of esters is 1. The summed E-state index contributed by atoms with van der Waals surface area (Å²) in [5.41, 5.74) is 5.34. The molecule has 1 aliphatic rings. The van der Waals surface area contributed by atoms with E-state index in [1.165, 1.54) is 0 Å². The molecular weight excluding hydrogens is 344 g/mol. The lowest BCUT2D eigenvalue weighted by molar-refractivity contribution is -0.136. The van der Waals surface area contributed by atoms with Crippen LogP contribution in [0.3, 0.4) is 0 Å². The third-order valence-corrected chi connectivity index (χ3v) is 4.96. The maximum Gasteiger partial charge on any atom is 0.342 e. The van der Waals surface area contributed by atoms with Crippen LogP contribution >= 0.6 is 0 Å². The van der Waals surface area contributed by atoms with Crippen LogP contribution in [0.4, 0.5) is 0 Å². The highest BCUT2D eigenvalue weighted by molar-refractivity contribution is 5.99. The van der Waals surface area contributed by atoms with E-state index in [1.54, 1.807) is 0 Å². The van der Waals surface area contributed by atoms with Crippen molar-refractivity contribution in [2.45, 2.75) is 39.7 Å². The number of aliphatic carboxylic acids is 1. The summed E-state index contributed by atoms with van der Waals surface area (Å²) in [4.78, 5) is 22.9. The first-order chi connectivity index (χ1) is 12.9. The third kappa shape index (κ3) is 3.72. The van der Waals surface area contributed by atoms with E-state index in [1.807, 2.05) is 50.3 Å². The Hall–Kier alpha value is -3.08. The van der Waals surface area contributed by atoms with Crippen molar-refractivity contribution in [1.82, 2.24) is 0 Å². The highest BCUT2D eigenvalue weighted by atomic mass is 16.5. The van der Waals surface area contributed by atoms with E-state index in [-0.39, 0.29) is 24.3 Å². The minimum absolute atomic E-state index is 0.0424. The average molecular weight is 366 g/mol. The molecule has 2 aromatic carbocycles. The highest BCUT2D eigenvalue weighted by Crippen LogP contribution is 2.42. The van der Waals surface area contributed by atoms with Crippen molar-refractivity contribution < 1.29 is 24.5 Å². The second-order valence-corrected chi connectivity index (χ2v) is 6.77. The Morgan fingerprint density at radius 1 is 1.19 bits per heavy atom. The molecule has 2 N–H and O–H groups in total. The smallest absolute Gasteiger partial charge is 0.342 e. The average Bonchev–Trinajstić information content (AvgIpc) is 3.04. The Kier molecular flexibility index (Phi) is 5.31. The van der Waals surface area contributed by atoms with Crippen LogP contribution in [0.2, 0.25) is 0 Å². The molecule has 1 aliphatic heterocycles. The Bertz CT molecular complexity index is 926. The number of fused-ring (bicyclic) bond motifs is 1. The number of benzene rings is 2. The first-order valence-corrected chi connectivity index (χ1v) is 8.87. The van der Waals surface area contributed by atoms with Crippen LogP contribution in [-0.2, 0) is 22.6 Å². The van der Waals surface area contributed by atoms with Crippen molar-refractivity contribution in [1.29, 1.82) is 0 Å². The molecule has 0 aliphatic carbocycles. The zero-order valence-electron chi connectivity index (χ0n) is 15.4. The van der Waals surface area contributed by atoms with Crippen molar-refractivity contribution in [3.63, 3.8) is 0 Å². The summed E-state index contributed by atoms with van der Waals surface area (Å²) < 4.78 is 5.14. The normalized spacial score (nSPS) is 13.4. The van der Waals surface area contributed by atoms with E-state index in [0.717, 1.165) is 27.8 Å². The number of carboxylic acids is 1. The molecule has 27 heavy (non-hydrogen) atoms. The van der Waals surface area contributed by atoms with Gasteiger partial charge in [0.1, 0.15) is 17.9 Å². The van der Waals surface area contributed by atoms with Gasteiger partial charge in [0.25, 0.3) is 0 Å². The van der Waals surface area contributed by atoms with E-state index in [9.17, 15) is 14.7 Å². The number of carboxylic acid groups (broad SMARTS) is 1. The lowest BCUT2D eigenvalue weighted by Crippen LogP contribution is -2.03. The first kappa shape index (κ1) is 18.7. The monoisotopic (exact) mass is 366 g/mol. The van der Waals surface area contributed by atoms with Gasteiger partial charge in [0.2, 0.25) is 0 Å². The first-order valence-electron chi connectivity index (χ1n) is 8.87. The maximum atomic E-state index is 12.1. The zero-order valence-corrected chi connectivity index (χ0v) is 15.4. The number of carbonyl (C=O) groups is 2. The molecule has 3 rings (SSSR count). The molecule has 0 spiro atoms. The topological polar surface area (TPSA) is 83.8 Å². The van der Waals surface area contributed by atoms with Crippen LogP contribution in [0.1, 0.15) is 46.8 Å². The van der Waals surface area contributed by atoms with Crippen molar-refractivity contribution in [3.8, 4) is 16.9 Å². The molecule has 140 valence electrons. The van der Waals surface area contributed by atoms with Gasteiger partial charge in [-0.2, -0.15) is 0 Å². The van der Waals surface area contributed by atoms with Gasteiger partial charge in [-0.1, -0.05) is 42.0 Å². The fraction of sp³-hybridized carbons (Fsp3) is 0.273. The van der Waals surface area contributed by atoms with E-state index >= 15 is 0 Å². The number of phenols is 1. The number of hydrogen-bond acceptors (Lipinski definition) is 4. The zero-order chi connectivity index (χ0) is 19.6. The summed E-state index contributed by atoms with van der Waals surface area (Å²) >= 11 is 0. The number of cyclic esters (lactones) is 1. The second-order valence-electron chi connectivity index (χ2n) is 6.77. The summed E-state index contributed by atoms with van der Waals surface area (Å²) in [6, 6.07) is 9.72. The predicted octanol–water partition coefficient (Wildman–Crippen LogP) is 4.39.